The van der Waals surface area contributed by atoms with Crippen LogP contribution in [0.5, 0.6) is 0 Å². The predicted octanol–water partition coefficient (Wildman–Crippen LogP) is 1.49. The Bertz CT molecular complexity index is 150. The average Bonchev–Trinajstić information content (AvgIpc) is 2.22. The number of likely N-dealkylation sites (tertiary alicyclic amines) is 1. The lowest BCUT2D eigenvalue weighted by molar-refractivity contribution is -0.0412. The van der Waals surface area contributed by atoms with E-state index < -0.39 is 0 Å². The Kier molecular flexibility index (Phi) is 6.22. The Morgan fingerprint density at radius 1 is 1.40 bits per heavy atom. The Morgan fingerprint density at radius 3 is 2.60 bits per heavy atom. The van der Waals surface area contributed by atoms with Crippen LogP contribution < -0.4 is 5.32 Å². The first-order valence-corrected chi connectivity index (χ1v) is 6.24. The Labute approximate surface area is 94.2 Å². The maximum absolute atomic E-state index is 6.13. The van der Waals surface area contributed by atoms with Crippen LogP contribution in [0, 0.1) is 0 Å². The third kappa shape index (κ3) is 4.96. The van der Waals surface area contributed by atoms with E-state index in [9.17, 15) is 0 Å². The molecule has 1 unspecified atom stereocenters. The minimum absolute atomic E-state index is 0.411. The zero-order valence-corrected chi connectivity index (χ0v) is 10.5. The molecule has 0 saturated carbocycles. The third-order valence-electron chi connectivity index (χ3n) is 3.09. The lowest BCUT2D eigenvalue weighted by atomic mass is 10.1. The number of nitrogens with zero attached hydrogens (tertiary/aromatic N) is 1. The molecule has 1 fully saturated rings. The van der Waals surface area contributed by atoms with Crippen molar-refractivity contribution in [2.75, 3.05) is 33.7 Å². The van der Waals surface area contributed by atoms with Crippen LogP contribution in [0.4, 0.5) is 0 Å². The van der Waals surface area contributed by atoms with Crippen molar-refractivity contribution in [2.45, 2.75) is 44.8 Å². The molecule has 1 N–H and O–H groups in total. The smallest absolute Gasteiger partial charge is 0.0703 e. The number of ether oxygens (including phenoxy) is 1. The molecule has 1 heterocycles. The van der Waals surface area contributed by atoms with Crippen LogP contribution >= 0.6 is 0 Å². The van der Waals surface area contributed by atoms with E-state index in [-0.39, 0.29) is 0 Å². The largest absolute Gasteiger partial charge is 0.374 e. The zero-order chi connectivity index (χ0) is 11.1. The van der Waals surface area contributed by atoms with Crippen LogP contribution in [0.3, 0.4) is 0 Å². The van der Waals surface area contributed by atoms with E-state index in [1.54, 1.807) is 0 Å². The molecule has 1 aliphatic rings. The summed E-state index contributed by atoms with van der Waals surface area (Å²) in [4.78, 5) is 2.38. The molecule has 0 aromatic rings. The van der Waals surface area contributed by atoms with E-state index in [1.165, 1.54) is 38.8 Å². The average molecular weight is 214 g/mol. The van der Waals surface area contributed by atoms with E-state index >= 15 is 0 Å². The van der Waals surface area contributed by atoms with Crippen molar-refractivity contribution in [1.82, 2.24) is 10.2 Å². The molecule has 1 aliphatic heterocycles. The minimum Gasteiger partial charge on any atom is -0.374 e. The molecular formula is C12H26N2O. The van der Waals surface area contributed by atoms with Gasteiger partial charge in [0.15, 0.2) is 0 Å². The molecule has 15 heavy (non-hydrogen) atoms. The van der Waals surface area contributed by atoms with Gasteiger partial charge in [0.05, 0.1) is 12.2 Å². The highest BCUT2D eigenvalue weighted by atomic mass is 16.5. The standard InChI is InChI=1S/C12H26N2O/c1-4-5-12(10-13-2)15-11-6-8-14(3)9-7-11/h11-13H,4-10H2,1-3H3. The highest BCUT2D eigenvalue weighted by molar-refractivity contribution is 4.72. The fourth-order valence-electron chi connectivity index (χ4n) is 2.16. The first-order valence-electron chi connectivity index (χ1n) is 6.24. The van der Waals surface area contributed by atoms with Gasteiger partial charge in [-0.05, 0) is 33.4 Å². The molecular weight excluding hydrogens is 188 g/mol. The molecule has 0 bridgehead atoms. The van der Waals surface area contributed by atoms with E-state index in [2.05, 4.69) is 24.2 Å². The topological polar surface area (TPSA) is 24.5 Å². The molecule has 90 valence electrons. The molecule has 1 rings (SSSR count). The summed E-state index contributed by atoms with van der Waals surface area (Å²) < 4.78 is 6.13. The molecule has 0 spiro atoms. The number of rotatable bonds is 6. The van der Waals surface area contributed by atoms with Crippen molar-refractivity contribution in [3.8, 4) is 0 Å². The van der Waals surface area contributed by atoms with Gasteiger partial charge in [0.25, 0.3) is 0 Å². The second-order valence-electron chi connectivity index (χ2n) is 4.61. The fraction of sp³-hybridized carbons (Fsp3) is 1.00. The van der Waals surface area contributed by atoms with Crippen LogP contribution in [0.25, 0.3) is 0 Å². The van der Waals surface area contributed by atoms with Crippen LogP contribution in [0.2, 0.25) is 0 Å². The first-order chi connectivity index (χ1) is 7.26. The Morgan fingerprint density at radius 2 is 2.07 bits per heavy atom. The van der Waals surface area contributed by atoms with E-state index in [0.717, 1.165) is 6.54 Å². The molecule has 1 atom stereocenters. The summed E-state index contributed by atoms with van der Waals surface area (Å²) in [6.07, 6.45) is 5.67. The third-order valence-corrected chi connectivity index (χ3v) is 3.09. The number of nitrogens with one attached hydrogen (secondary N) is 1. The molecule has 1 saturated heterocycles. The van der Waals surface area contributed by atoms with Crippen molar-refractivity contribution in [2.24, 2.45) is 0 Å². The Balaban J connectivity index is 2.24. The van der Waals surface area contributed by atoms with Crippen molar-refractivity contribution in [3.05, 3.63) is 0 Å². The fourth-order valence-corrected chi connectivity index (χ4v) is 2.16. The summed E-state index contributed by atoms with van der Waals surface area (Å²) in [7, 11) is 4.19. The molecule has 3 nitrogen and oxygen atoms in total. The number of piperidine rings is 1. The SMILES string of the molecule is CCCC(CNC)OC1CCN(C)CC1. The van der Waals surface area contributed by atoms with Gasteiger partial charge in [-0.2, -0.15) is 0 Å². The van der Waals surface area contributed by atoms with Gasteiger partial charge in [-0.15, -0.1) is 0 Å². The van der Waals surface area contributed by atoms with Gasteiger partial charge in [0, 0.05) is 19.6 Å². The van der Waals surface area contributed by atoms with E-state index in [4.69, 9.17) is 4.74 Å². The highest BCUT2D eigenvalue weighted by Crippen LogP contribution is 2.15. The summed E-state index contributed by atoms with van der Waals surface area (Å²) >= 11 is 0. The van der Waals surface area contributed by atoms with Gasteiger partial charge in [-0.3, -0.25) is 0 Å². The van der Waals surface area contributed by atoms with Gasteiger partial charge in [0.1, 0.15) is 0 Å². The second kappa shape index (κ2) is 7.20. The molecule has 0 radical (unpaired) electrons. The van der Waals surface area contributed by atoms with Crippen LogP contribution in [0.15, 0.2) is 0 Å². The Hall–Kier alpha value is -0.120. The quantitative estimate of drug-likeness (QED) is 0.725. The number of hydrogen-bond acceptors (Lipinski definition) is 3. The van der Waals surface area contributed by atoms with Crippen molar-refractivity contribution in [3.63, 3.8) is 0 Å². The lowest BCUT2D eigenvalue weighted by Crippen LogP contribution is -2.38. The van der Waals surface area contributed by atoms with Gasteiger partial charge in [-0.25, -0.2) is 0 Å². The summed E-state index contributed by atoms with van der Waals surface area (Å²) in [6, 6.07) is 0. The second-order valence-corrected chi connectivity index (χ2v) is 4.61. The maximum atomic E-state index is 6.13. The van der Waals surface area contributed by atoms with E-state index in [0.29, 0.717) is 12.2 Å². The van der Waals surface area contributed by atoms with Gasteiger partial charge in [-0.1, -0.05) is 13.3 Å². The highest BCUT2D eigenvalue weighted by Gasteiger charge is 2.20. The zero-order valence-electron chi connectivity index (χ0n) is 10.5. The number of hydrogen-bond donors (Lipinski definition) is 1. The summed E-state index contributed by atoms with van der Waals surface area (Å²) in [5.74, 6) is 0. The summed E-state index contributed by atoms with van der Waals surface area (Å²) in [5.41, 5.74) is 0. The van der Waals surface area contributed by atoms with Gasteiger partial charge in [0.2, 0.25) is 0 Å². The lowest BCUT2D eigenvalue weighted by Gasteiger charge is -2.31. The maximum Gasteiger partial charge on any atom is 0.0703 e. The summed E-state index contributed by atoms with van der Waals surface area (Å²) in [5, 5.41) is 3.22. The minimum atomic E-state index is 0.411. The molecule has 3 heteroatoms. The monoisotopic (exact) mass is 214 g/mol. The van der Waals surface area contributed by atoms with Gasteiger partial charge >= 0.3 is 0 Å². The first kappa shape index (κ1) is 12.9. The van der Waals surface area contributed by atoms with Crippen LogP contribution in [-0.4, -0.2) is 50.8 Å². The van der Waals surface area contributed by atoms with E-state index in [1.807, 2.05) is 7.05 Å². The van der Waals surface area contributed by atoms with Crippen molar-refractivity contribution in [1.29, 1.82) is 0 Å². The number of likely N-dealkylation sites (N-methyl/N-ethyl adjacent to an activating group) is 1. The predicted molar refractivity (Wildman–Crippen MR) is 64.2 cm³/mol. The van der Waals surface area contributed by atoms with Crippen LogP contribution in [0.1, 0.15) is 32.6 Å². The molecule has 0 aromatic carbocycles. The summed E-state index contributed by atoms with van der Waals surface area (Å²) in [6.45, 7) is 5.58. The van der Waals surface area contributed by atoms with Crippen molar-refractivity contribution >= 4 is 0 Å². The molecule has 0 aromatic heterocycles. The van der Waals surface area contributed by atoms with Crippen molar-refractivity contribution < 1.29 is 4.74 Å². The van der Waals surface area contributed by atoms with Gasteiger partial charge < -0.3 is 15.0 Å². The molecule has 0 amide bonds. The molecule has 0 aliphatic carbocycles. The van der Waals surface area contributed by atoms with Crippen LogP contribution in [-0.2, 0) is 4.74 Å². The normalized spacial score (nSPS) is 21.8.